The number of aliphatic hydroxyl groups excluding tert-OH is 2. The number of aryl methyl sites for hydroxylation is 2. The van der Waals surface area contributed by atoms with Gasteiger partial charge in [0.25, 0.3) is 0 Å². The number of primary amides is 3. The molecule has 15 N–H and O–H groups in total. The molecule has 91 heavy (non-hydrogen) atoms. The number of ether oxygens (including phenoxy) is 1. The maximum Gasteiger partial charge on any atom is 0.472 e. The number of Topliss-reactive ketones (excluding diaryl/α,β-unsaturated/α-hetero) is 1. The van der Waals surface area contributed by atoms with Crippen LogP contribution in [0.5, 0.6) is 0 Å². The number of nitrogens with zero attached hydrogens (tertiary/aromatic N) is 5. The third-order valence-electron chi connectivity index (χ3n) is 19.5. The molecule has 5 amide bonds. The minimum Gasteiger partial charge on any atom is -0.478 e. The summed E-state index contributed by atoms with van der Waals surface area (Å²) in [6, 6.07) is 2.83. The predicted octanol–water partition coefficient (Wildman–Crippen LogP) is 3.53. The minimum absolute atomic E-state index is 0.0257. The molecule has 2 fully saturated rings. The van der Waals surface area contributed by atoms with Crippen LogP contribution < -0.4 is 39.0 Å². The number of aliphatic carboxylic acids is 1. The number of phosphoric ester groups is 1. The first-order valence-corrected chi connectivity index (χ1v) is 31.9. The number of aliphatic imine (C=N–C) groups is 3. The maximum atomic E-state index is 14.6. The summed E-state index contributed by atoms with van der Waals surface area (Å²) < 4.78 is 32.3. The lowest BCUT2D eigenvalue weighted by molar-refractivity contribution is -0.131. The van der Waals surface area contributed by atoms with Crippen molar-refractivity contribution in [3.63, 3.8) is 0 Å². The molecule has 0 saturated carbocycles. The lowest BCUT2D eigenvalue weighted by atomic mass is 9.56. The molecule has 2 saturated heterocycles. The third kappa shape index (κ3) is 14.9. The molecule has 29 heteroatoms. The topological polar surface area (TPSA) is 449 Å². The second-order valence-electron chi connectivity index (χ2n) is 25.8. The Kier molecular flexibility index (Phi) is 22.2. The monoisotopic (exact) mass is 1290 g/mol. The van der Waals surface area contributed by atoms with E-state index in [0.717, 1.165) is 17.2 Å². The summed E-state index contributed by atoms with van der Waals surface area (Å²) in [5, 5.41) is 41.3. The van der Waals surface area contributed by atoms with Gasteiger partial charge in [-0.15, -0.1) is 0 Å². The van der Waals surface area contributed by atoms with E-state index in [1.807, 2.05) is 67.5 Å². The van der Waals surface area contributed by atoms with Gasteiger partial charge in [0.2, 0.25) is 30.0 Å². The Balaban J connectivity index is 1.32. The lowest BCUT2D eigenvalue weighted by Crippen LogP contribution is -2.56. The number of nitrogens with one attached hydrogen (secondary N) is 3. The smallest absolute Gasteiger partial charge is 0.472 e. The predicted molar refractivity (Wildman–Crippen MR) is 336 cm³/mol. The number of carbonyl (C=O) groups excluding carboxylic acids is 6. The second-order valence-corrected chi connectivity index (χ2v) is 27.2. The number of phosphoric acid groups is 1. The van der Waals surface area contributed by atoms with E-state index in [9.17, 15) is 58.3 Å². The highest BCUT2D eigenvalue weighted by Gasteiger charge is 2.65. The number of aliphatic hydroxyl groups is 2. The molecule has 13 atom stereocenters. The van der Waals surface area contributed by atoms with Crippen LogP contribution >= 0.6 is 7.82 Å². The molecule has 5 aliphatic rings. The zero-order chi connectivity index (χ0) is 67.5. The van der Waals surface area contributed by atoms with Gasteiger partial charge in [-0.2, -0.15) is 0 Å². The standard InChI is InChI=1S/C62H89N12O16P/c1-31-22-40-42(23-32(31)2)74(29-69-40)58-54(84)55(44(28-75)88-58)90-91(85,86)89-34(4)26-68-49(81)18-19-60(9)39(27-67-30-76)57-62(11)61(10,20-21-87-66)38(13-16-47(64)79)53(73-62)35(5)51(33(3)24-50(82)83)70-41(43(77)14-17-48(65)80)25-45-59(7,8)37(12-15-46(63)78)52(71-45)36(6)56(60)72-57/h22-25,29-30,34,37-39,44,54-55,57-58,71,75,84H,12-21,26-28,66H2,1-11H3,(H2,63,78)(H2,64,79)(H2,65,80)(H,67,76)(H,68,81)(H,82,83)(H,85,86)/b33-24+,45-25?,51-35?,52-36?,70-41?/t34-,37-,38-,39+,44-,54-,55-,57-,58?,60-,61+,62+/m1/s1. The number of hydrogen-bond acceptors (Lipinski definition) is 20. The summed E-state index contributed by atoms with van der Waals surface area (Å²) in [5.74, 6) is -0.592. The number of nitrogens with two attached hydrogens (primary N) is 4. The number of carboxylic acid groups (broad SMARTS) is 1. The first-order chi connectivity index (χ1) is 42.6. The number of amides is 5. The van der Waals surface area contributed by atoms with E-state index in [-0.39, 0.29) is 94.5 Å². The van der Waals surface area contributed by atoms with Crippen LogP contribution in [0.15, 0.2) is 79.4 Å². The summed E-state index contributed by atoms with van der Waals surface area (Å²) in [5.41, 5.74) is 18.6. The van der Waals surface area contributed by atoms with Crippen LogP contribution in [0.1, 0.15) is 137 Å². The summed E-state index contributed by atoms with van der Waals surface area (Å²) in [7, 11) is -5.07. The second kappa shape index (κ2) is 28.4. The zero-order valence-electron chi connectivity index (χ0n) is 53.5. The molecule has 0 spiro atoms. The molecule has 498 valence electrons. The van der Waals surface area contributed by atoms with Gasteiger partial charge in [0.15, 0.2) is 12.0 Å². The molecular formula is C62H89N12O16P. The molecule has 2 unspecified atom stereocenters. The van der Waals surface area contributed by atoms with Crippen LogP contribution in [0.4, 0.5) is 0 Å². The highest BCUT2D eigenvalue weighted by Crippen LogP contribution is 2.61. The number of benzene rings is 1. The molecule has 2 aromatic rings. The number of carboxylic acids is 1. The molecule has 1 aromatic heterocycles. The first-order valence-electron chi connectivity index (χ1n) is 30.4. The fraction of sp³-hybridized carbons (Fsp3) is 0.597. The number of carbonyl (C=O) groups is 7. The van der Waals surface area contributed by atoms with E-state index < -0.39 is 126 Å². The molecular weight excluding hydrogens is 1200 g/mol. The summed E-state index contributed by atoms with van der Waals surface area (Å²) in [6.45, 7) is 18.8. The average molecular weight is 1290 g/mol. The van der Waals surface area contributed by atoms with Gasteiger partial charge in [-0.3, -0.25) is 47.8 Å². The minimum atomic E-state index is -5.07. The van der Waals surface area contributed by atoms with E-state index in [4.69, 9.17) is 56.7 Å². The van der Waals surface area contributed by atoms with E-state index in [1.165, 1.54) is 26.3 Å². The van der Waals surface area contributed by atoms with Crippen LogP contribution in [0.3, 0.4) is 0 Å². The molecule has 1 aromatic carbocycles. The van der Waals surface area contributed by atoms with Crippen molar-refractivity contribution in [3.05, 3.63) is 75.5 Å². The Hall–Kier alpha value is -7.14. The number of allylic oxidation sites excluding steroid dienone is 6. The maximum absolute atomic E-state index is 14.6. The first kappa shape index (κ1) is 71.3. The summed E-state index contributed by atoms with van der Waals surface area (Å²) in [6.07, 6.45) is -2.87. The zero-order valence-corrected chi connectivity index (χ0v) is 54.4. The van der Waals surface area contributed by atoms with Gasteiger partial charge < -0.3 is 67.5 Å². The van der Waals surface area contributed by atoms with Crippen LogP contribution in [0, 0.1) is 47.8 Å². The van der Waals surface area contributed by atoms with Crippen molar-refractivity contribution < 1.29 is 77.0 Å². The van der Waals surface area contributed by atoms with Gasteiger partial charge in [0, 0.05) is 108 Å². The quantitative estimate of drug-likeness (QED) is 0.0240. The summed E-state index contributed by atoms with van der Waals surface area (Å²) in [4.78, 5) is 129. The van der Waals surface area contributed by atoms with E-state index in [0.29, 0.717) is 51.4 Å². The van der Waals surface area contributed by atoms with Crippen LogP contribution in [-0.2, 0) is 56.7 Å². The number of imidazole rings is 1. The average Bonchev–Trinajstić information content (AvgIpc) is 1.54. The van der Waals surface area contributed by atoms with E-state index in [2.05, 4.69) is 20.9 Å². The van der Waals surface area contributed by atoms with Crippen molar-refractivity contribution in [1.82, 2.24) is 25.5 Å². The lowest BCUT2D eigenvalue weighted by Gasteiger charge is -2.48. The molecule has 6 heterocycles. The van der Waals surface area contributed by atoms with Crippen molar-refractivity contribution in [2.24, 2.45) is 72.1 Å². The van der Waals surface area contributed by atoms with Gasteiger partial charge in [0.1, 0.15) is 24.0 Å². The van der Waals surface area contributed by atoms with Gasteiger partial charge >= 0.3 is 13.8 Å². The number of hydrogen-bond donors (Lipinski definition) is 11. The van der Waals surface area contributed by atoms with Crippen LogP contribution in [0.2, 0.25) is 0 Å². The van der Waals surface area contributed by atoms with Gasteiger partial charge in [-0.25, -0.2) is 25.2 Å². The Morgan fingerprint density at radius 2 is 1.57 bits per heavy atom. The Bertz CT molecular complexity index is 3500. The van der Waals surface area contributed by atoms with E-state index in [1.54, 1.807) is 11.5 Å². The van der Waals surface area contributed by atoms with Crippen molar-refractivity contribution in [3.8, 4) is 0 Å². The van der Waals surface area contributed by atoms with Crippen molar-refractivity contribution >= 4 is 77.8 Å². The Morgan fingerprint density at radius 3 is 2.19 bits per heavy atom. The fourth-order valence-electron chi connectivity index (χ4n) is 14.0. The van der Waals surface area contributed by atoms with E-state index >= 15 is 0 Å². The largest absolute Gasteiger partial charge is 0.478 e. The highest BCUT2D eigenvalue weighted by molar-refractivity contribution is 7.47. The SMILES string of the molecule is CC1=C(/C(C)=C/C(=O)O)N=C(C(=O)CCC(N)=O)C=C2NC(=C(C)C3=N[C@H]([C@H](CNC=O)[C@@]3(C)CCC(=O)NC[C@@H](C)OP(=O)(O)O[C@@H]3[C@@H](CO)OC(n4cnc5cc(C)c(C)cc54)[C@@H]3O)[C@]3(C)N=C1[C@@H](CCC(N)=O)[C@]3(C)CCON)[C@@H](CCC(N)=O)C2(C)C. The normalized spacial score (nSPS) is 29.1. The summed E-state index contributed by atoms with van der Waals surface area (Å²) >= 11 is 0. The third-order valence-corrected chi connectivity index (χ3v) is 20.6. The molecule has 0 aliphatic carbocycles. The Labute approximate surface area is 528 Å². The number of fused-ring (bicyclic) bond motifs is 6. The Morgan fingerprint density at radius 1 is 0.923 bits per heavy atom. The van der Waals surface area contributed by atoms with Crippen molar-refractivity contribution in [1.29, 1.82) is 0 Å². The number of rotatable bonds is 29. The highest BCUT2D eigenvalue weighted by atomic mass is 31.2. The van der Waals surface area contributed by atoms with Crippen LogP contribution in [-0.4, -0.2) is 151 Å². The molecule has 28 nitrogen and oxygen atoms in total. The van der Waals surface area contributed by atoms with Gasteiger partial charge in [-0.05, 0) is 120 Å². The van der Waals surface area contributed by atoms with Crippen molar-refractivity contribution in [2.45, 2.75) is 176 Å². The molecule has 5 aliphatic heterocycles. The molecule has 7 rings (SSSR count). The number of aromatic nitrogens is 2. The molecule has 0 radical (unpaired) electrons. The molecule has 6 bridgehead atoms. The van der Waals surface area contributed by atoms with Crippen LogP contribution in [0.25, 0.3) is 11.0 Å². The van der Waals surface area contributed by atoms with Gasteiger partial charge in [0.05, 0.1) is 54.0 Å². The number of ketones is 1. The fourth-order valence-corrected chi connectivity index (χ4v) is 15.2. The van der Waals surface area contributed by atoms with Crippen molar-refractivity contribution in [2.75, 3.05) is 26.3 Å². The van der Waals surface area contributed by atoms with Gasteiger partial charge in [-0.1, -0.05) is 27.7 Å².